The summed E-state index contributed by atoms with van der Waals surface area (Å²) in [5, 5.41) is 6.80. The zero-order chi connectivity index (χ0) is 11.5. The van der Waals surface area contributed by atoms with E-state index in [0.717, 1.165) is 12.2 Å². The smallest absolute Gasteiger partial charge is 0.107 e. The maximum Gasteiger partial charge on any atom is 0.107 e. The van der Waals surface area contributed by atoms with Crippen LogP contribution in [-0.4, -0.2) is 4.98 Å². The highest BCUT2D eigenvalue weighted by Crippen LogP contribution is 2.20. The molecule has 0 aliphatic rings. The molecule has 4 heteroatoms. The van der Waals surface area contributed by atoms with Crippen molar-refractivity contribution in [3.63, 3.8) is 0 Å². The zero-order valence-electron chi connectivity index (χ0n) is 9.78. The lowest BCUT2D eigenvalue weighted by molar-refractivity contribution is 0.581. The van der Waals surface area contributed by atoms with Crippen LogP contribution in [0.3, 0.4) is 0 Å². The van der Waals surface area contributed by atoms with Gasteiger partial charge in [0.05, 0.1) is 5.69 Å². The van der Waals surface area contributed by atoms with Crippen molar-refractivity contribution in [2.45, 2.75) is 33.4 Å². The number of rotatable bonds is 4. The summed E-state index contributed by atoms with van der Waals surface area (Å²) in [5.41, 5.74) is 1.16. The SMILES string of the molecule is Cc1nc(CN[C@@H](C)c2cccs2)sc1C. The Morgan fingerprint density at radius 2 is 2.25 bits per heavy atom. The van der Waals surface area contributed by atoms with E-state index in [1.54, 1.807) is 22.7 Å². The van der Waals surface area contributed by atoms with Crippen LogP contribution in [0.15, 0.2) is 17.5 Å². The third kappa shape index (κ3) is 2.70. The minimum atomic E-state index is 0.407. The van der Waals surface area contributed by atoms with Gasteiger partial charge in [-0.3, -0.25) is 0 Å². The third-order valence-electron chi connectivity index (χ3n) is 2.60. The Balaban J connectivity index is 1.92. The molecule has 86 valence electrons. The van der Waals surface area contributed by atoms with Gasteiger partial charge in [-0.25, -0.2) is 4.98 Å². The highest BCUT2D eigenvalue weighted by Gasteiger charge is 2.08. The Bertz CT molecular complexity index is 426. The van der Waals surface area contributed by atoms with Gasteiger partial charge in [-0.15, -0.1) is 22.7 Å². The molecule has 2 heterocycles. The van der Waals surface area contributed by atoms with Crippen LogP contribution in [0.25, 0.3) is 0 Å². The maximum absolute atomic E-state index is 4.52. The summed E-state index contributed by atoms with van der Waals surface area (Å²) in [4.78, 5) is 7.22. The monoisotopic (exact) mass is 252 g/mol. The van der Waals surface area contributed by atoms with Crippen molar-refractivity contribution in [2.24, 2.45) is 0 Å². The molecule has 16 heavy (non-hydrogen) atoms. The number of aromatic nitrogens is 1. The topological polar surface area (TPSA) is 24.9 Å². The fourth-order valence-corrected chi connectivity index (χ4v) is 3.14. The first-order chi connectivity index (χ1) is 7.66. The summed E-state index contributed by atoms with van der Waals surface area (Å²) in [6, 6.07) is 4.67. The second-order valence-electron chi connectivity index (χ2n) is 3.87. The number of hydrogen-bond donors (Lipinski definition) is 1. The van der Waals surface area contributed by atoms with Crippen LogP contribution in [-0.2, 0) is 6.54 Å². The molecule has 0 saturated carbocycles. The largest absolute Gasteiger partial charge is 0.303 e. The third-order valence-corrected chi connectivity index (χ3v) is 4.73. The number of hydrogen-bond acceptors (Lipinski definition) is 4. The van der Waals surface area contributed by atoms with Gasteiger partial charge >= 0.3 is 0 Å². The standard InChI is InChI=1S/C12H16N2S2/c1-8-10(3)16-12(14-8)7-13-9(2)11-5-4-6-15-11/h4-6,9,13H,7H2,1-3H3/t9-/m0/s1. The molecule has 2 rings (SSSR count). The van der Waals surface area contributed by atoms with Gasteiger partial charge in [-0.1, -0.05) is 6.07 Å². The molecule has 0 spiro atoms. The molecular weight excluding hydrogens is 236 g/mol. The molecule has 0 saturated heterocycles. The molecule has 0 aromatic carbocycles. The molecule has 0 bridgehead atoms. The van der Waals surface area contributed by atoms with E-state index in [9.17, 15) is 0 Å². The van der Waals surface area contributed by atoms with Crippen LogP contribution >= 0.6 is 22.7 Å². The molecule has 1 atom stereocenters. The van der Waals surface area contributed by atoms with Gasteiger partial charge in [0, 0.05) is 22.3 Å². The van der Waals surface area contributed by atoms with Gasteiger partial charge in [0.2, 0.25) is 0 Å². The van der Waals surface area contributed by atoms with Gasteiger partial charge < -0.3 is 5.32 Å². The fraction of sp³-hybridized carbons (Fsp3) is 0.417. The van der Waals surface area contributed by atoms with Crippen molar-refractivity contribution in [1.82, 2.24) is 10.3 Å². The Labute approximate surface area is 104 Å². The average Bonchev–Trinajstić information content (AvgIpc) is 2.86. The van der Waals surface area contributed by atoms with Crippen LogP contribution in [0.4, 0.5) is 0 Å². The predicted molar refractivity (Wildman–Crippen MR) is 71.2 cm³/mol. The summed E-state index contributed by atoms with van der Waals surface area (Å²) in [7, 11) is 0. The van der Waals surface area contributed by atoms with Gasteiger partial charge in [0.15, 0.2) is 0 Å². The second-order valence-corrected chi connectivity index (χ2v) is 6.13. The lowest BCUT2D eigenvalue weighted by Gasteiger charge is -2.10. The first-order valence-corrected chi connectivity index (χ1v) is 7.06. The summed E-state index contributed by atoms with van der Waals surface area (Å²) in [6.07, 6.45) is 0. The highest BCUT2D eigenvalue weighted by atomic mass is 32.1. The molecule has 0 fully saturated rings. The number of thiophene rings is 1. The van der Waals surface area contributed by atoms with Crippen LogP contribution in [0, 0.1) is 13.8 Å². The molecule has 1 N–H and O–H groups in total. The molecule has 2 aromatic rings. The van der Waals surface area contributed by atoms with Crippen molar-refractivity contribution in [3.05, 3.63) is 38.0 Å². The van der Waals surface area contributed by atoms with E-state index in [1.165, 1.54) is 14.8 Å². The molecule has 0 aliphatic carbocycles. The quantitative estimate of drug-likeness (QED) is 0.898. The Morgan fingerprint density at radius 1 is 1.44 bits per heavy atom. The Hall–Kier alpha value is -0.710. The highest BCUT2D eigenvalue weighted by molar-refractivity contribution is 7.11. The molecule has 2 aromatic heterocycles. The van der Waals surface area contributed by atoms with E-state index in [2.05, 4.69) is 48.6 Å². The summed E-state index contributed by atoms with van der Waals surface area (Å²) < 4.78 is 0. The number of aryl methyl sites for hydroxylation is 2. The van der Waals surface area contributed by atoms with Crippen molar-refractivity contribution >= 4 is 22.7 Å². The lowest BCUT2D eigenvalue weighted by atomic mass is 10.3. The van der Waals surface area contributed by atoms with Crippen LogP contribution in [0.5, 0.6) is 0 Å². The predicted octanol–water partition coefficient (Wildman–Crippen LogP) is 3.67. The van der Waals surface area contributed by atoms with E-state index < -0.39 is 0 Å². The maximum atomic E-state index is 4.52. The fourth-order valence-electron chi connectivity index (χ4n) is 1.49. The molecule has 0 radical (unpaired) electrons. The van der Waals surface area contributed by atoms with E-state index in [-0.39, 0.29) is 0 Å². The van der Waals surface area contributed by atoms with Gasteiger partial charge in [0.25, 0.3) is 0 Å². The molecule has 2 nitrogen and oxygen atoms in total. The minimum absolute atomic E-state index is 0.407. The normalized spacial score (nSPS) is 12.9. The summed E-state index contributed by atoms with van der Waals surface area (Å²) in [5.74, 6) is 0. The summed E-state index contributed by atoms with van der Waals surface area (Å²) >= 11 is 3.58. The first kappa shape index (κ1) is 11.8. The van der Waals surface area contributed by atoms with Crippen molar-refractivity contribution in [1.29, 1.82) is 0 Å². The number of nitrogens with one attached hydrogen (secondary N) is 1. The van der Waals surface area contributed by atoms with Crippen molar-refractivity contribution < 1.29 is 0 Å². The Morgan fingerprint density at radius 3 is 2.81 bits per heavy atom. The van der Waals surface area contributed by atoms with Gasteiger partial charge in [-0.2, -0.15) is 0 Å². The number of thiazole rings is 1. The zero-order valence-corrected chi connectivity index (χ0v) is 11.4. The van der Waals surface area contributed by atoms with Gasteiger partial charge in [0.1, 0.15) is 5.01 Å². The first-order valence-electron chi connectivity index (χ1n) is 5.36. The molecule has 0 unspecified atom stereocenters. The van der Waals surface area contributed by atoms with E-state index in [1.807, 2.05) is 0 Å². The van der Waals surface area contributed by atoms with Crippen molar-refractivity contribution in [2.75, 3.05) is 0 Å². The average molecular weight is 252 g/mol. The second kappa shape index (κ2) is 5.08. The number of nitrogens with zero attached hydrogens (tertiary/aromatic N) is 1. The van der Waals surface area contributed by atoms with Crippen molar-refractivity contribution in [3.8, 4) is 0 Å². The van der Waals surface area contributed by atoms with E-state index in [0.29, 0.717) is 6.04 Å². The molecular formula is C12H16N2S2. The Kier molecular flexibility index (Phi) is 3.74. The lowest BCUT2D eigenvalue weighted by Crippen LogP contribution is -2.16. The molecule has 0 aliphatic heterocycles. The summed E-state index contributed by atoms with van der Waals surface area (Å²) in [6.45, 7) is 7.24. The van der Waals surface area contributed by atoms with Gasteiger partial charge in [-0.05, 0) is 32.2 Å². The van der Waals surface area contributed by atoms with Crippen LogP contribution < -0.4 is 5.32 Å². The van der Waals surface area contributed by atoms with Crippen LogP contribution in [0.2, 0.25) is 0 Å². The van der Waals surface area contributed by atoms with E-state index in [4.69, 9.17) is 0 Å². The molecule has 0 amide bonds. The van der Waals surface area contributed by atoms with E-state index >= 15 is 0 Å². The van der Waals surface area contributed by atoms with Crippen LogP contribution in [0.1, 0.15) is 33.4 Å². The minimum Gasteiger partial charge on any atom is -0.303 e.